The largest absolute Gasteiger partial charge is 0.502 e. The molecule has 2 aromatic carbocycles. The maximum Gasteiger partial charge on any atom is 0.310 e. The first-order valence-corrected chi connectivity index (χ1v) is 15.0. The predicted octanol–water partition coefficient (Wildman–Crippen LogP) is 1.93. The first-order valence-electron chi connectivity index (χ1n) is 15.0. The highest BCUT2D eigenvalue weighted by Gasteiger charge is 2.56. The Morgan fingerprint density at radius 2 is 1.52 bits per heavy atom. The highest BCUT2D eigenvalue weighted by atomic mass is 16.8. The van der Waals surface area contributed by atoms with Gasteiger partial charge in [0, 0.05) is 11.8 Å². The minimum Gasteiger partial charge on any atom is -0.502 e. The molecule has 2 unspecified atom stereocenters. The van der Waals surface area contributed by atoms with Gasteiger partial charge in [0.15, 0.2) is 35.6 Å². The molecule has 0 aromatic heterocycles. The molecule has 4 aliphatic heterocycles. The summed E-state index contributed by atoms with van der Waals surface area (Å²) in [6.07, 6.45) is -6.80. The van der Waals surface area contributed by atoms with Crippen molar-refractivity contribution in [3.8, 4) is 28.7 Å². The van der Waals surface area contributed by atoms with Crippen LogP contribution in [0.15, 0.2) is 24.3 Å². The number of methoxy groups -OCH3 is 2. The summed E-state index contributed by atoms with van der Waals surface area (Å²) in [6, 6.07) is 6.93. The Balaban J connectivity index is 0.000000879. The number of rotatable bonds is 5. The molecule has 3 saturated heterocycles. The first-order chi connectivity index (χ1) is 22.0. The Morgan fingerprint density at radius 3 is 2.15 bits per heavy atom. The Labute approximate surface area is 264 Å². The zero-order chi connectivity index (χ0) is 32.9. The minimum absolute atomic E-state index is 0.0301. The van der Waals surface area contributed by atoms with E-state index in [2.05, 4.69) is 0 Å². The summed E-state index contributed by atoms with van der Waals surface area (Å²) in [4.78, 5) is 22.8. The second-order valence-electron chi connectivity index (χ2n) is 11.9. The third kappa shape index (κ3) is 5.73. The van der Waals surface area contributed by atoms with Crippen molar-refractivity contribution in [3.63, 3.8) is 0 Å². The van der Waals surface area contributed by atoms with Crippen molar-refractivity contribution in [2.45, 2.75) is 69.8 Å². The zero-order valence-corrected chi connectivity index (χ0v) is 26.0. The molecule has 3 fully saturated rings. The molecule has 4 heterocycles. The summed E-state index contributed by atoms with van der Waals surface area (Å²) in [7, 11) is 2.86. The van der Waals surface area contributed by atoms with Crippen LogP contribution in [-0.4, -0.2) is 98.3 Å². The number of hydrogen-bond acceptors (Lipinski definition) is 14. The number of esters is 1. The van der Waals surface area contributed by atoms with Crippen LogP contribution in [0.4, 0.5) is 0 Å². The molecule has 7 rings (SSSR count). The van der Waals surface area contributed by atoms with Crippen molar-refractivity contribution in [2.75, 3.05) is 34.2 Å². The molecular weight excluding hydrogens is 608 g/mol. The molecular formula is C32H38O14. The van der Waals surface area contributed by atoms with Gasteiger partial charge in [-0.25, -0.2) is 0 Å². The number of phenols is 1. The fourth-order valence-corrected chi connectivity index (χ4v) is 6.74. The lowest BCUT2D eigenvalue weighted by atomic mass is 9.66. The van der Waals surface area contributed by atoms with Crippen LogP contribution in [0.25, 0.3) is 0 Å². The van der Waals surface area contributed by atoms with Crippen LogP contribution in [0.1, 0.15) is 49.5 Å². The molecule has 0 spiro atoms. The molecule has 14 heteroatoms. The number of phenolic OH excluding ortho intramolecular Hbond substituents is 1. The van der Waals surface area contributed by atoms with Gasteiger partial charge in [0.25, 0.3) is 0 Å². The van der Waals surface area contributed by atoms with Gasteiger partial charge in [-0.05, 0) is 61.7 Å². The van der Waals surface area contributed by atoms with Gasteiger partial charge in [0.1, 0.15) is 30.2 Å². The quantitative estimate of drug-likeness (QED) is 0.402. The lowest BCUT2D eigenvalue weighted by Crippen LogP contribution is -2.63. The van der Waals surface area contributed by atoms with E-state index in [0.29, 0.717) is 28.2 Å². The average molecular weight is 647 g/mol. The molecule has 10 atom stereocenters. The number of ketones is 1. The van der Waals surface area contributed by atoms with Crippen LogP contribution < -0.4 is 18.9 Å². The highest BCUT2D eigenvalue weighted by Crippen LogP contribution is 2.57. The second kappa shape index (κ2) is 12.9. The molecule has 0 amide bonds. The zero-order valence-electron chi connectivity index (χ0n) is 26.0. The van der Waals surface area contributed by atoms with Gasteiger partial charge in [0.2, 0.25) is 12.5 Å². The Morgan fingerprint density at radius 1 is 0.891 bits per heavy atom. The topological polar surface area (TPSA) is 178 Å². The average Bonchev–Trinajstić information content (AvgIpc) is 3.65. The maximum absolute atomic E-state index is 13.4. The van der Waals surface area contributed by atoms with Crippen molar-refractivity contribution < 1.29 is 67.5 Å². The number of carbonyl (C=O) groups excluding carboxylic acids is 2. The van der Waals surface area contributed by atoms with Gasteiger partial charge >= 0.3 is 5.97 Å². The van der Waals surface area contributed by atoms with E-state index in [-0.39, 0.29) is 43.0 Å². The van der Waals surface area contributed by atoms with Crippen molar-refractivity contribution in [3.05, 3.63) is 41.0 Å². The molecule has 14 nitrogen and oxygen atoms in total. The van der Waals surface area contributed by atoms with E-state index < -0.39 is 66.8 Å². The Kier molecular flexibility index (Phi) is 9.02. The Bertz CT molecular complexity index is 1450. The third-order valence-corrected chi connectivity index (χ3v) is 8.75. The number of carbonyl (C=O) groups is 2. The lowest BCUT2D eigenvalue weighted by Gasteiger charge is -2.47. The van der Waals surface area contributed by atoms with Gasteiger partial charge in [0.05, 0.1) is 39.5 Å². The normalized spacial score (nSPS) is 33.8. The van der Waals surface area contributed by atoms with E-state index in [0.717, 1.165) is 0 Å². The first kappa shape index (κ1) is 32.3. The molecule has 1 aliphatic carbocycles. The molecule has 250 valence electrons. The SMILES string of the molecule is CC(C)=O.COc1cc([C@@H]2c3cc4c(cc3C(O[C@@H]3O[C@@H]5CO[C@@H](C)O[C@H]5[C@H](O)[C@H]3O)C3COC(=O)[C@@H]32)OCO4)cc(OC)c1O. The summed E-state index contributed by atoms with van der Waals surface area (Å²) >= 11 is 0. The van der Waals surface area contributed by atoms with E-state index in [1.54, 1.807) is 31.2 Å². The predicted molar refractivity (Wildman–Crippen MR) is 155 cm³/mol. The molecule has 0 saturated carbocycles. The number of aromatic hydroxyl groups is 1. The maximum atomic E-state index is 13.4. The van der Waals surface area contributed by atoms with Crippen LogP contribution in [0.3, 0.4) is 0 Å². The lowest BCUT2D eigenvalue weighted by molar-refractivity contribution is -0.364. The van der Waals surface area contributed by atoms with Crippen LogP contribution in [-0.2, 0) is 33.3 Å². The van der Waals surface area contributed by atoms with Gasteiger partial charge in [-0.1, -0.05) is 0 Å². The number of Topliss-reactive ketones (excluding diaryl/α,β-unsaturated/α-hetero) is 1. The number of aliphatic hydroxyl groups is 2. The van der Waals surface area contributed by atoms with E-state index >= 15 is 0 Å². The fraction of sp³-hybridized carbons (Fsp3) is 0.562. The third-order valence-electron chi connectivity index (χ3n) is 8.75. The molecule has 0 bridgehead atoms. The molecule has 46 heavy (non-hydrogen) atoms. The van der Waals surface area contributed by atoms with Crippen LogP contribution in [0.5, 0.6) is 28.7 Å². The van der Waals surface area contributed by atoms with E-state index in [4.69, 9.17) is 42.6 Å². The fourth-order valence-electron chi connectivity index (χ4n) is 6.74. The summed E-state index contributed by atoms with van der Waals surface area (Å²) in [5, 5.41) is 32.5. The smallest absolute Gasteiger partial charge is 0.310 e. The van der Waals surface area contributed by atoms with E-state index in [1.165, 1.54) is 28.1 Å². The standard InChI is InChI=1S/C29H32O13.C3H6O/c1-11-36-9-20-27(40-11)24(31)25(32)29(41-20)42-26-14-7-17-16(38-10-39-17)6-13(14)21(22-15(26)8-37-28(22)33)12-4-18(34-2)23(30)19(5-12)35-3;1-3(2)4/h4-7,11,15,20-22,24-27,29-32H,8-10H2,1-3H3;1-2H3/t11-,15?,20-,21-,22+,24-,25-,26?,27-,29+;/m1./s1. The van der Waals surface area contributed by atoms with Crippen molar-refractivity contribution in [1.29, 1.82) is 0 Å². The molecule has 0 radical (unpaired) electrons. The summed E-state index contributed by atoms with van der Waals surface area (Å²) in [5.41, 5.74) is 2.01. The Hall–Kier alpha value is -3.66. The molecule has 3 N–H and O–H groups in total. The van der Waals surface area contributed by atoms with Gasteiger partial charge in [-0.3, -0.25) is 4.79 Å². The van der Waals surface area contributed by atoms with E-state index in [1.807, 2.05) is 0 Å². The number of hydrogen-bond donors (Lipinski definition) is 3. The van der Waals surface area contributed by atoms with Gasteiger partial charge < -0.3 is 62.7 Å². The van der Waals surface area contributed by atoms with Gasteiger partial charge in [-0.2, -0.15) is 0 Å². The van der Waals surface area contributed by atoms with E-state index in [9.17, 15) is 24.9 Å². The monoisotopic (exact) mass is 646 g/mol. The van der Waals surface area contributed by atoms with Crippen LogP contribution >= 0.6 is 0 Å². The minimum atomic E-state index is -1.44. The van der Waals surface area contributed by atoms with Crippen molar-refractivity contribution >= 4 is 11.8 Å². The summed E-state index contributed by atoms with van der Waals surface area (Å²) in [5.74, 6) is -0.858. The molecule has 5 aliphatic rings. The van der Waals surface area contributed by atoms with Crippen LogP contribution in [0.2, 0.25) is 0 Å². The van der Waals surface area contributed by atoms with Crippen molar-refractivity contribution in [1.82, 2.24) is 0 Å². The number of ether oxygens (including phenoxy) is 9. The van der Waals surface area contributed by atoms with Crippen molar-refractivity contribution in [2.24, 2.45) is 11.8 Å². The summed E-state index contributed by atoms with van der Waals surface area (Å²) < 4.78 is 51.5. The number of cyclic esters (lactones) is 1. The highest BCUT2D eigenvalue weighted by molar-refractivity contribution is 5.79. The molecule has 2 aromatic rings. The van der Waals surface area contributed by atoms with Crippen LogP contribution in [0, 0.1) is 11.8 Å². The number of aliphatic hydroxyl groups excluding tert-OH is 2. The number of fused-ring (bicyclic) bond motifs is 4. The van der Waals surface area contributed by atoms with Gasteiger partial charge in [-0.15, -0.1) is 0 Å². The summed E-state index contributed by atoms with van der Waals surface area (Å²) in [6.45, 7) is 4.98. The second-order valence-corrected chi connectivity index (χ2v) is 11.9. The number of benzene rings is 2.